The van der Waals surface area contributed by atoms with E-state index in [0.717, 1.165) is 41.6 Å². The van der Waals surface area contributed by atoms with Crippen molar-refractivity contribution in [1.82, 2.24) is 9.62 Å². The van der Waals surface area contributed by atoms with E-state index in [2.05, 4.69) is 23.5 Å². The molecule has 1 saturated heterocycles. The van der Waals surface area contributed by atoms with Crippen LogP contribution in [0.25, 0.3) is 5.57 Å². The third kappa shape index (κ3) is 7.10. The van der Waals surface area contributed by atoms with Crippen LogP contribution < -0.4 is 5.32 Å². The molecule has 1 N–H and O–H groups in total. The minimum atomic E-state index is -4.13. The Morgan fingerprint density at radius 2 is 1.85 bits per heavy atom. The summed E-state index contributed by atoms with van der Waals surface area (Å²) in [4.78, 5) is 16.7. The van der Waals surface area contributed by atoms with Crippen molar-refractivity contribution in [1.29, 1.82) is 0 Å². The lowest BCUT2D eigenvalue weighted by atomic mass is 10.0. The second-order valence-corrected chi connectivity index (χ2v) is 11.1. The number of aliphatic imine (C=N–C) groups is 1. The third-order valence-corrected chi connectivity index (χ3v) is 8.32. The van der Waals surface area contributed by atoms with Crippen molar-refractivity contribution in [3.05, 3.63) is 96.7 Å². The van der Waals surface area contributed by atoms with E-state index in [0.29, 0.717) is 11.1 Å². The maximum absolute atomic E-state index is 14.6. The third-order valence-electron chi connectivity index (χ3n) is 6.43. The maximum Gasteiger partial charge on any atom is 0.282 e. The van der Waals surface area contributed by atoms with Crippen LogP contribution >= 0.6 is 0 Å². The monoisotopic (exact) mass is 563 g/mol. The summed E-state index contributed by atoms with van der Waals surface area (Å²) in [6.45, 7) is 9.00. The zero-order valence-electron chi connectivity index (χ0n) is 21.5. The molecule has 0 aromatic heterocycles. The molecule has 2 unspecified atom stereocenters. The van der Waals surface area contributed by atoms with E-state index in [-0.39, 0.29) is 35.9 Å². The molecule has 208 valence electrons. The molecule has 1 fully saturated rings. The van der Waals surface area contributed by atoms with Gasteiger partial charge in [0.25, 0.3) is 5.92 Å². The van der Waals surface area contributed by atoms with Crippen LogP contribution in [-0.4, -0.2) is 42.9 Å². The molecule has 3 rings (SSSR count). The fraction of sp³-hybridized carbons (Fsp3) is 0.286. The number of allylic oxidation sites excluding steroid dienone is 2. The van der Waals surface area contributed by atoms with Crippen molar-refractivity contribution in [2.75, 3.05) is 6.54 Å². The SMILES string of the molecule is C=CC(=CN=C(C)C(C)(F)F)c1ccc(F)c(CNC(=O)C2CC(C=C)CN2S(=O)(=O)c2ccc(F)cc2)c1. The van der Waals surface area contributed by atoms with Crippen LogP contribution in [0, 0.1) is 17.6 Å². The predicted octanol–water partition coefficient (Wildman–Crippen LogP) is 5.49. The van der Waals surface area contributed by atoms with Crippen LogP contribution in [0.1, 0.15) is 31.4 Å². The standard InChI is InChI=1S/C28H29F4N3O3S/c1-5-19-13-26(35(17-19)39(37,38)24-10-8-23(29)9-11-24)27(36)34-16-22-14-21(7-12-25(22)30)20(6-2)15-33-18(3)28(4,31)32/h5-12,14-15,19,26H,1-2,13,16-17H2,3-4H3,(H,34,36). The average Bonchev–Trinajstić information content (AvgIpc) is 3.34. The van der Waals surface area contributed by atoms with Gasteiger partial charge in [-0.05, 0) is 66.8 Å². The number of rotatable bonds is 10. The molecule has 0 radical (unpaired) electrons. The van der Waals surface area contributed by atoms with Gasteiger partial charge in [0, 0.05) is 31.8 Å². The molecule has 2 aromatic rings. The van der Waals surface area contributed by atoms with Crippen molar-refractivity contribution in [3.63, 3.8) is 0 Å². The lowest BCUT2D eigenvalue weighted by Gasteiger charge is -2.23. The number of nitrogens with zero attached hydrogens (tertiary/aromatic N) is 2. The molecule has 39 heavy (non-hydrogen) atoms. The van der Waals surface area contributed by atoms with E-state index in [1.54, 1.807) is 6.08 Å². The van der Waals surface area contributed by atoms with Gasteiger partial charge in [-0.3, -0.25) is 9.79 Å². The number of hydrogen-bond acceptors (Lipinski definition) is 4. The first-order valence-electron chi connectivity index (χ1n) is 12.0. The van der Waals surface area contributed by atoms with Gasteiger partial charge in [-0.2, -0.15) is 4.31 Å². The molecule has 0 saturated carbocycles. The number of carbonyl (C=O) groups is 1. The molecular weight excluding hydrogens is 534 g/mol. The van der Waals surface area contributed by atoms with Crippen LogP contribution in [0.5, 0.6) is 0 Å². The number of alkyl halides is 2. The summed E-state index contributed by atoms with van der Waals surface area (Å²) in [6, 6.07) is 7.20. The van der Waals surface area contributed by atoms with E-state index in [1.165, 1.54) is 31.3 Å². The molecule has 2 aromatic carbocycles. The normalized spacial score (nSPS) is 19.1. The summed E-state index contributed by atoms with van der Waals surface area (Å²) >= 11 is 0. The number of amides is 1. The molecule has 0 aliphatic carbocycles. The molecule has 1 aliphatic heterocycles. The first-order chi connectivity index (χ1) is 18.3. The highest BCUT2D eigenvalue weighted by atomic mass is 32.2. The van der Waals surface area contributed by atoms with Gasteiger partial charge in [0.05, 0.1) is 10.6 Å². The Kier molecular flexibility index (Phi) is 9.29. The van der Waals surface area contributed by atoms with Gasteiger partial charge >= 0.3 is 0 Å². The van der Waals surface area contributed by atoms with Crippen LogP contribution in [0.15, 0.2) is 83.9 Å². The molecule has 1 amide bonds. The first kappa shape index (κ1) is 30.0. The number of nitrogens with one attached hydrogen (secondary N) is 1. The van der Waals surface area contributed by atoms with Crippen LogP contribution in [0.3, 0.4) is 0 Å². The van der Waals surface area contributed by atoms with Gasteiger partial charge in [0.15, 0.2) is 0 Å². The van der Waals surface area contributed by atoms with Gasteiger partial charge in [-0.25, -0.2) is 26.0 Å². The smallest absolute Gasteiger partial charge is 0.282 e. The topological polar surface area (TPSA) is 78.8 Å². The van der Waals surface area contributed by atoms with Crippen molar-refractivity contribution >= 4 is 27.2 Å². The average molecular weight is 564 g/mol. The Balaban J connectivity index is 1.82. The summed E-state index contributed by atoms with van der Waals surface area (Å²) in [5, 5.41) is 2.59. The Bertz CT molecular complexity index is 1410. The van der Waals surface area contributed by atoms with Gasteiger partial charge in [-0.15, -0.1) is 6.58 Å². The van der Waals surface area contributed by atoms with E-state index < -0.39 is 45.2 Å². The number of halogens is 4. The first-order valence-corrected chi connectivity index (χ1v) is 13.4. The summed E-state index contributed by atoms with van der Waals surface area (Å²) in [7, 11) is -4.13. The highest BCUT2D eigenvalue weighted by Gasteiger charge is 2.43. The van der Waals surface area contributed by atoms with Gasteiger partial charge in [0.1, 0.15) is 17.7 Å². The number of benzene rings is 2. The molecule has 1 aliphatic rings. The summed E-state index contributed by atoms with van der Waals surface area (Å²) in [6.07, 6.45) is 4.31. The highest BCUT2D eigenvalue weighted by molar-refractivity contribution is 7.89. The summed E-state index contributed by atoms with van der Waals surface area (Å²) in [5.74, 6) is -5.27. The van der Waals surface area contributed by atoms with Crippen LogP contribution in [0.2, 0.25) is 0 Å². The Morgan fingerprint density at radius 3 is 2.44 bits per heavy atom. The van der Waals surface area contributed by atoms with Crippen LogP contribution in [-0.2, 0) is 21.4 Å². The summed E-state index contributed by atoms with van der Waals surface area (Å²) in [5.41, 5.74) is 0.458. The van der Waals surface area contributed by atoms with Crippen molar-refractivity contribution < 1.29 is 30.8 Å². The van der Waals surface area contributed by atoms with E-state index in [1.807, 2.05) is 0 Å². The zero-order chi connectivity index (χ0) is 29.0. The molecule has 0 bridgehead atoms. The Morgan fingerprint density at radius 1 is 1.18 bits per heavy atom. The molecular formula is C28H29F4N3O3S. The number of sulfonamides is 1. The zero-order valence-corrected chi connectivity index (χ0v) is 22.3. The lowest BCUT2D eigenvalue weighted by molar-refractivity contribution is -0.124. The van der Waals surface area contributed by atoms with Gasteiger partial charge in [-0.1, -0.05) is 24.8 Å². The molecule has 1 heterocycles. The fourth-order valence-electron chi connectivity index (χ4n) is 3.97. The number of hydrogen-bond donors (Lipinski definition) is 1. The lowest BCUT2D eigenvalue weighted by Crippen LogP contribution is -2.45. The van der Waals surface area contributed by atoms with Crippen LogP contribution in [0.4, 0.5) is 17.6 Å². The van der Waals surface area contributed by atoms with Gasteiger partial charge in [0.2, 0.25) is 15.9 Å². The van der Waals surface area contributed by atoms with E-state index in [9.17, 15) is 30.8 Å². The molecule has 11 heteroatoms. The summed E-state index contributed by atoms with van der Waals surface area (Å²) < 4.78 is 82.3. The second kappa shape index (κ2) is 12.1. The molecule has 0 spiro atoms. The van der Waals surface area contributed by atoms with Gasteiger partial charge < -0.3 is 5.32 Å². The predicted molar refractivity (Wildman–Crippen MR) is 143 cm³/mol. The number of carbonyl (C=O) groups excluding carboxylic acids is 1. The van der Waals surface area contributed by atoms with E-state index in [4.69, 9.17) is 0 Å². The van der Waals surface area contributed by atoms with Crippen molar-refractivity contribution in [2.24, 2.45) is 10.9 Å². The van der Waals surface area contributed by atoms with Crippen molar-refractivity contribution in [2.45, 2.75) is 43.7 Å². The largest absolute Gasteiger partial charge is 0.351 e. The Hall–Kier alpha value is -3.57. The maximum atomic E-state index is 14.6. The highest BCUT2D eigenvalue weighted by Crippen LogP contribution is 2.31. The second-order valence-electron chi connectivity index (χ2n) is 9.19. The quantitative estimate of drug-likeness (QED) is 0.180. The molecule has 2 atom stereocenters. The fourth-order valence-corrected chi connectivity index (χ4v) is 5.62. The molecule has 6 nitrogen and oxygen atoms in total. The minimum absolute atomic E-state index is 0.00930. The Labute approximate surface area is 225 Å². The van der Waals surface area contributed by atoms with Crippen molar-refractivity contribution in [3.8, 4) is 0 Å². The minimum Gasteiger partial charge on any atom is -0.351 e. The van der Waals surface area contributed by atoms with E-state index >= 15 is 0 Å².